The SMILES string of the molecule is CC(C)(C)OC(=O)CBr.CSc1ccc(N(CC(=O)O)S(C)(=O)=O)cc1.CSc1ccc(N(CC(=O)OC(C)(C)C)S(C)(=O)=O)cc1.CSc1ccc(N(CC(=O)O[C@@H](Cc2c(Cl)c[nH+]cc2Cl)c2ccc(OC(F)F)c(OCC3CC3)c2)S(C)(=O)=O)cc1.CSc1ccc(N)cc1.CSc1ccc(NS(C)(=O)=O)cc1.[OH-]. The van der Waals surface area contributed by atoms with Gasteiger partial charge in [0.05, 0.1) is 48.7 Å². The van der Waals surface area contributed by atoms with Crippen LogP contribution in [0.1, 0.15) is 71.6 Å². The maximum atomic E-state index is 13.3. The summed E-state index contributed by atoms with van der Waals surface area (Å²) >= 11 is 23.7. The van der Waals surface area contributed by atoms with Crippen molar-refractivity contribution in [2.45, 2.75) is 109 Å². The molecule has 1 fully saturated rings. The first-order chi connectivity index (χ1) is 51.6. The van der Waals surface area contributed by atoms with Gasteiger partial charge in [0, 0.05) is 47.8 Å². The first-order valence-corrected chi connectivity index (χ1v) is 48.4. The van der Waals surface area contributed by atoms with Crippen molar-refractivity contribution in [1.82, 2.24) is 0 Å². The summed E-state index contributed by atoms with van der Waals surface area (Å²) in [6, 6.07) is 39.7. The topological polar surface area (TPSA) is 363 Å². The van der Waals surface area contributed by atoms with Gasteiger partial charge in [-0.25, -0.2) is 38.7 Å². The standard InChI is InChI=1S/C28H28Cl2F2N2O6S2.C14H21NO4S2.C10H13NO4S2.C8H11NO2S2.C7H9NS.C6H11BrO2.H2O/c1-41-20-8-6-19(7-9-20)34(42(2,36)37)15-27(35)39-25(12-21-22(29)13-33-14-23(21)30)18-5-10-24(40-28(31)32)26(11-18)38-16-17-3-4-17;1-14(2,3)19-13(16)10-15(21(5,17)18)11-6-8-12(20-4)9-7-11;1-16-9-5-3-8(4-6-9)11(7-10(12)13)17(2,14)15;1-12-8-5-3-7(4-6-8)9-13(2,10)11;1-9-7-4-2-6(8)3-5-7;1-6(2,3)9-5(8)4-7;/h5-11,13-14,17,25,28H,3-4,12,15-16H2,1-2H3;6-9H,10H2,1-5H3;3-6H,7H2,1-2H3,(H,12,13);3-6,9H,1-2H3;2-5H,8H2,1H3;4H2,1-3H3;1H2/t25-;;;;;;/m0....../s1. The van der Waals surface area contributed by atoms with Gasteiger partial charge in [-0.1, -0.05) is 45.2 Å². The number of esters is 3. The molecule has 1 aliphatic rings. The number of hydrogen-bond donors (Lipinski definition) is 3. The number of nitrogens with zero attached hydrogens (tertiary/aromatic N) is 3. The van der Waals surface area contributed by atoms with Gasteiger partial charge in [-0.2, -0.15) is 8.78 Å². The molecule has 112 heavy (non-hydrogen) atoms. The molecule has 8 rings (SSSR count). The third kappa shape index (κ3) is 40.6. The fourth-order valence-corrected chi connectivity index (χ4v) is 14.6. The average molecular weight is 1840 g/mol. The number of carboxylic acids is 1. The second-order valence-corrected chi connectivity index (χ2v) is 38.9. The van der Waals surface area contributed by atoms with Crippen molar-refractivity contribution in [3.8, 4) is 11.5 Å². The number of aromatic amines is 1. The largest absolute Gasteiger partial charge is 0.870 e. The normalized spacial score (nSPS) is 12.2. The molecule has 620 valence electrons. The maximum Gasteiger partial charge on any atom is 0.387 e. The highest BCUT2D eigenvalue weighted by Crippen LogP contribution is 2.39. The molecule has 1 aromatic heterocycles. The highest BCUT2D eigenvalue weighted by atomic mass is 79.9. The number of ether oxygens (including phenoxy) is 5. The van der Waals surface area contributed by atoms with Gasteiger partial charge in [0.15, 0.2) is 23.9 Å². The molecule has 0 spiro atoms. The van der Waals surface area contributed by atoms with Crippen LogP contribution in [0.3, 0.4) is 0 Å². The number of pyridine rings is 1. The van der Waals surface area contributed by atoms with Gasteiger partial charge in [0.1, 0.15) is 52.3 Å². The van der Waals surface area contributed by atoms with Gasteiger partial charge in [0.2, 0.25) is 40.1 Å². The van der Waals surface area contributed by atoms with Gasteiger partial charge in [-0.05, 0) is 231 Å². The summed E-state index contributed by atoms with van der Waals surface area (Å²) in [6.45, 7) is 6.46. The van der Waals surface area contributed by atoms with Gasteiger partial charge in [-0.15, -0.1) is 58.8 Å². The molecule has 6 N–H and O–H groups in total. The number of alkyl halides is 3. The van der Waals surface area contributed by atoms with E-state index in [1.165, 1.54) is 59.0 Å². The molecule has 1 saturated carbocycles. The van der Waals surface area contributed by atoms with E-state index in [2.05, 4.69) is 30.4 Å². The van der Waals surface area contributed by atoms with Crippen LogP contribution in [0.15, 0.2) is 176 Å². The van der Waals surface area contributed by atoms with Crippen LogP contribution >= 0.6 is 97.9 Å². The summed E-state index contributed by atoms with van der Waals surface area (Å²) < 4.78 is 151. The van der Waals surface area contributed by atoms with Crippen molar-refractivity contribution in [1.29, 1.82) is 0 Å². The van der Waals surface area contributed by atoms with Crippen LogP contribution in [-0.4, -0.2) is 174 Å². The van der Waals surface area contributed by atoms with Gasteiger partial charge in [0.25, 0.3) is 0 Å². The smallest absolute Gasteiger partial charge is 0.387 e. The van der Waals surface area contributed by atoms with Crippen LogP contribution in [0.2, 0.25) is 10.0 Å². The number of thioether (sulfide) groups is 5. The predicted octanol–water partition coefficient (Wildman–Crippen LogP) is 15.3. The van der Waals surface area contributed by atoms with Gasteiger partial charge >= 0.3 is 30.5 Å². The zero-order valence-electron chi connectivity index (χ0n) is 64.1. The number of nitrogens with one attached hydrogen (secondary N) is 2. The fourth-order valence-electron chi connectivity index (χ4n) is 8.83. The number of carbonyl (C=O) groups is 4. The number of carboxylic acid groups (broad SMARTS) is 1. The lowest BCUT2D eigenvalue weighted by Crippen LogP contribution is -2.38. The number of aliphatic carboxylic acids is 1. The molecule has 0 aliphatic heterocycles. The minimum atomic E-state index is -3.87. The second kappa shape index (κ2) is 48.0. The maximum absolute atomic E-state index is 13.3. The van der Waals surface area contributed by atoms with Crippen LogP contribution in [0.5, 0.6) is 11.5 Å². The third-order valence-electron chi connectivity index (χ3n) is 14.0. The Morgan fingerprint density at radius 1 is 0.571 bits per heavy atom. The fraction of sp³-hybridized carbons (Fsp3) is 0.384. The van der Waals surface area contributed by atoms with Crippen molar-refractivity contribution < 1.29 is 101 Å². The van der Waals surface area contributed by atoms with Gasteiger partial charge < -0.3 is 40.0 Å². The van der Waals surface area contributed by atoms with Crippen LogP contribution in [0, 0.1) is 5.92 Å². The Labute approximate surface area is 696 Å². The lowest BCUT2D eigenvalue weighted by Gasteiger charge is -2.25. The summed E-state index contributed by atoms with van der Waals surface area (Å²) in [4.78, 5) is 54.5. The Bertz CT molecular complexity index is 4580. The number of nitrogen functional groups attached to an aromatic ring is 1. The molecule has 0 amide bonds. The highest BCUT2D eigenvalue weighted by Gasteiger charge is 2.30. The summed E-state index contributed by atoms with van der Waals surface area (Å²) in [5.74, 6) is -2.63. The molecule has 0 unspecified atom stereocenters. The van der Waals surface area contributed by atoms with E-state index in [0.717, 1.165) is 76.0 Å². The van der Waals surface area contributed by atoms with E-state index in [-0.39, 0.29) is 62.6 Å². The number of aromatic nitrogens is 1. The van der Waals surface area contributed by atoms with E-state index in [1.54, 1.807) is 129 Å². The average Bonchev–Trinajstić information content (AvgIpc) is 1.53. The Balaban J connectivity index is 0.000000508. The number of nitrogens with two attached hydrogens (primary N) is 1. The van der Waals surface area contributed by atoms with Crippen molar-refractivity contribution in [2.75, 3.05) is 111 Å². The van der Waals surface area contributed by atoms with Crippen molar-refractivity contribution in [3.63, 3.8) is 0 Å². The number of benzene rings is 6. The number of anilines is 5. The van der Waals surface area contributed by atoms with Crippen LogP contribution < -0.4 is 37.8 Å². The number of hydrogen-bond acceptors (Lipinski definition) is 24. The molecular weight excluding hydrogens is 1740 g/mol. The number of sulfonamides is 4. The Kier molecular flexibility index (Phi) is 43.5. The summed E-state index contributed by atoms with van der Waals surface area (Å²) in [6.07, 6.45) is 17.8. The number of H-pyrrole nitrogens is 1. The molecular formula is C73H95BrCl2F2N6O19S9. The molecule has 0 saturated heterocycles. The van der Waals surface area contributed by atoms with Crippen LogP contribution in [0.25, 0.3) is 0 Å². The van der Waals surface area contributed by atoms with Gasteiger partial charge in [-0.3, -0.25) is 36.8 Å². The quantitative estimate of drug-likeness (QED) is 0.0129. The van der Waals surface area contributed by atoms with Crippen molar-refractivity contribution in [3.05, 3.63) is 173 Å². The molecule has 0 radical (unpaired) electrons. The van der Waals surface area contributed by atoms with Crippen LogP contribution in [-0.2, 0) is 79.9 Å². The monoisotopic (exact) mass is 1830 g/mol. The molecule has 25 nitrogen and oxygen atoms in total. The first kappa shape index (κ1) is 101. The van der Waals surface area contributed by atoms with E-state index in [4.69, 9.17) is 53.0 Å². The Morgan fingerprint density at radius 3 is 1.27 bits per heavy atom. The zero-order valence-corrected chi connectivity index (χ0v) is 74.6. The summed E-state index contributed by atoms with van der Waals surface area (Å²) in [7, 11) is -14.2. The molecule has 1 aliphatic carbocycles. The molecule has 39 heteroatoms. The second-order valence-electron chi connectivity index (χ2n) is 25.6. The third-order valence-corrected chi connectivity index (χ3v) is 22.8. The highest BCUT2D eigenvalue weighted by molar-refractivity contribution is 9.09. The minimum absolute atomic E-state index is 0. The molecule has 0 bridgehead atoms. The molecule has 6 aromatic carbocycles. The number of halogens is 5. The minimum Gasteiger partial charge on any atom is -0.870 e. The first-order valence-electron chi connectivity index (χ1n) is 32.9. The summed E-state index contributed by atoms with van der Waals surface area (Å²) in [5, 5.41) is 9.52. The molecule has 1 atom stereocenters. The molecule has 1 heterocycles. The molecule has 7 aromatic rings. The van der Waals surface area contributed by atoms with E-state index >= 15 is 0 Å². The van der Waals surface area contributed by atoms with E-state index in [9.17, 15) is 61.6 Å². The van der Waals surface area contributed by atoms with E-state index in [1.807, 2.05) is 101 Å². The Morgan fingerprint density at radius 2 is 0.938 bits per heavy atom. The van der Waals surface area contributed by atoms with E-state index in [0.29, 0.717) is 40.7 Å². The summed E-state index contributed by atoms with van der Waals surface area (Å²) in [5.41, 5.74) is 7.81. The predicted molar refractivity (Wildman–Crippen MR) is 452 cm³/mol. The number of rotatable bonds is 29. The van der Waals surface area contributed by atoms with Crippen LogP contribution in [0.4, 0.5) is 37.2 Å². The van der Waals surface area contributed by atoms with Crippen molar-refractivity contribution in [2.24, 2.45) is 5.92 Å². The number of carbonyl (C=O) groups excluding carboxylic acids is 3. The van der Waals surface area contributed by atoms with E-state index < -0.39 is 89.4 Å². The lowest BCUT2D eigenvalue weighted by atomic mass is 10.0. The zero-order chi connectivity index (χ0) is 83.8. The van der Waals surface area contributed by atoms with Crippen molar-refractivity contribution >= 4 is 190 Å². The lowest BCUT2D eigenvalue weighted by molar-refractivity contribution is -0.377. The Hall–Kier alpha value is -6.62.